The molecule has 0 atom stereocenters. The third-order valence-electron chi connectivity index (χ3n) is 2.86. The van der Waals surface area contributed by atoms with E-state index in [0.717, 1.165) is 12.8 Å². The zero-order chi connectivity index (χ0) is 11.5. The van der Waals surface area contributed by atoms with Crippen LogP contribution in [-0.4, -0.2) is 18.2 Å². The Labute approximate surface area is 94.9 Å². The SMILES string of the molecule is CC(=O)CNC(=O)c1ccc2c(c1)CCC2. The predicted octanol–water partition coefficient (Wildman–Crippen LogP) is 1.49. The fourth-order valence-corrected chi connectivity index (χ4v) is 2.02. The first-order chi connectivity index (χ1) is 7.66. The summed E-state index contributed by atoms with van der Waals surface area (Å²) in [5.41, 5.74) is 3.28. The number of nitrogens with one attached hydrogen (secondary N) is 1. The number of amides is 1. The number of Topliss-reactive ketones (excluding diaryl/α,β-unsaturated/α-hetero) is 1. The Bertz CT molecular complexity index is 438. The van der Waals surface area contributed by atoms with Crippen molar-refractivity contribution in [2.75, 3.05) is 6.54 Å². The van der Waals surface area contributed by atoms with E-state index in [4.69, 9.17) is 0 Å². The van der Waals surface area contributed by atoms with E-state index in [2.05, 4.69) is 5.32 Å². The summed E-state index contributed by atoms with van der Waals surface area (Å²) in [4.78, 5) is 22.4. The highest BCUT2D eigenvalue weighted by molar-refractivity contribution is 5.96. The minimum absolute atomic E-state index is 0.0329. The third-order valence-corrected chi connectivity index (χ3v) is 2.86. The zero-order valence-corrected chi connectivity index (χ0v) is 9.38. The van der Waals surface area contributed by atoms with Crippen molar-refractivity contribution in [3.8, 4) is 0 Å². The van der Waals surface area contributed by atoms with Gasteiger partial charge in [0.05, 0.1) is 6.54 Å². The Morgan fingerprint density at radius 1 is 1.25 bits per heavy atom. The van der Waals surface area contributed by atoms with Crippen molar-refractivity contribution in [1.82, 2.24) is 5.32 Å². The van der Waals surface area contributed by atoms with Gasteiger partial charge in [-0.3, -0.25) is 9.59 Å². The molecule has 1 aromatic carbocycles. The van der Waals surface area contributed by atoms with E-state index in [1.165, 1.54) is 24.5 Å². The molecule has 0 spiro atoms. The lowest BCUT2D eigenvalue weighted by molar-refractivity contribution is -0.116. The molecule has 1 amide bonds. The Morgan fingerprint density at radius 2 is 2.00 bits per heavy atom. The Hall–Kier alpha value is -1.64. The Kier molecular flexibility index (Phi) is 3.04. The van der Waals surface area contributed by atoms with Gasteiger partial charge < -0.3 is 5.32 Å². The molecule has 0 radical (unpaired) electrons. The lowest BCUT2D eigenvalue weighted by atomic mass is 10.1. The summed E-state index contributed by atoms with van der Waals surface area (Å²) in [6.07, 6.45) is 3.35. The lowest BCUT2D eigenvalue weighted by Gasteiger charge is -2.05. The molecule has 0 fully saturated rings. The molecule has 0 saturated heterocycles. The van der Waals surface area contributed by atoms with Crippen LogP contribution in [0.15, 0.2) is 18.2 Å². The summed E-state index contributed by atoms with van der Waals surface area (Å²) in [5.74, 6) is -0.195. The maximum Gasteiger partial charge on any atom is 0.251 e. The topological polar surface area (TPSA) is 46.2 Å². The monoisotopic (exact) mass is 217 g/mol. The summed E-state index contributed by atoms with van der Waals surface area (Å²) in [6.45, 7) is 1.57. The van der Waals surface area contributed by atoms with Gasteiger partial charge in [-0.2, -0.15) is 0 Å². The number of hydrogen-bond acceptors (Lipinski definition) is 2. The minimum atomic E-state index is -0.162. The average Bonchev–Trinajstić information content (AvgIpc) is 2.72. The number of benzene rings is 1. The second-order valence-corrected chi connectivity index (χ2v) is 4.22. The number of ketones is 1. The first kappa shape index (κ1) is 10.9. The number of carbonyl (C=O) groups excluding carboxylic acids is 2. The number of rotatable bonds is 3. The van der Waals surface area contributed by atoms with Crippen LogP contribution < -0.4 is 5.32 Å². The van der Waals surface area contributed by atoms with Crippen LogP contribution in [0.25, 0.3) is 0 Å². The van der Waals surface area contributed by atoms with Crippen LogP contribution in [0, 0.1) is 0 Å². The Balaban J connectivity index is 2.09. The predicted molar refractivity (Wildman–Crippen MR) is 61.5 cm³/mol. The maximum atomic E-state index is 11.7. The van der Waals surface area contributed by atoms with Crippen molar-refractivity contribution < 1.29 is 9.59 Å². The second-order valence-electron chi connectivity index (χ2n) is 4.22. The van der Waals surface area contributed by atoms with Crippen molar-refractivity contribution in [3.05, 3.63) is 34.9 Å². The van der Waals surface area contributed by atoms with Gasteiger partial charge in [0.25, 0.3) is 5.91 Å². The van der Waals surface area contributed by atoms with Gasteiger partial charge in [-0.15, -0.1) is 0 Å². The van der Waals surface area contributed by atoms with Gasteiger partial charge in [-0.05, 0) is 49.4 Å². The van der Waals surface area contributed by atoms with Gasteiger partial charge in [-0.25, -0.2) is 0 Å². The highest BCUT2D eigenvalue weighted by Crippen LogP contribution is 2.22. The molecule has 0 heterocycles. The minimum Gasteiger partial charge on any atom is -0.345 e. The second kappa shape index (κ2) is 4.47. The summed E-state index contributed by atoms with van der Waals surface area (Å²) >= 11 is 0. The van der Waals surface area contributed by atoms with Gasteiger partial charge in [0.2, 0.25) is 0 Å². The molecule has 0 aromatic heterocycles. The van der Waals surface area contributed by atoms with Crippen molar-refractivity contribution >= 4 is 11.7 Å². The van der Waals surface area contributed by atoms with Crippen LogP contribution in [0.1, 0.15) is 34.8 Å². The first-order valence-corrected chi connectivity index (χ1v) is 5.56. The van der Waals surface area contributed by atoms with Gasteiger partial charge >= 0.3 is 0 Å². The third kappa shape index (κ3) is 2.30. The molecule has 1 N–H and O–H groups in total. The highest BCUT2D eigenvalue weighted by Gasteiger charge is 2.13. The van der Waals surface area contributed by atoms with Crippen molar-refractivity contribution in [3.63, 3.8) is 0 Å². The molecule has 0 saturated carbocycles. The van der Waals surface area contributed by atoms with E-state index in [-0.39, 0.29) is 18.2 Å². The molecular formula is C13H15NO2. The van der Waals surface area contributed by atoms with Crippen molar-refractivity contribution in [2.24, 2.45) is 0 Å². The largest absolute Gasteiger partial charge is 0.345 e. The summed E-state index contributed by atoms with van der Waals surface area (Å²) < 4.78 is 0. The molecule has 84 valence electrons. The number of hydrogen-bond donors (Lipinski definition) is 1. The van der Waals surface area contributed by atoms with Crippen LogP contribution in [0.5, 0.6) is 0 Å². The average molecular weight is 217 g/mol. The van der Waals surface area contributed by atoms with Crippen molar-refractivity contribution in [2.45, 2.75) is 26.2 Å². The van der Waals surface area contributed by atoms with E-state index in [1.54, 1.807) is 0 Å². The number of aryl methyl sites for hydroxylation is 2. The van der Waals surface area contributed by atoms with E-state index in [9.17, 15) is 9.59 Å². The van der Waals surface area contributed by atoms with E-state index in [1.807, 2.05) is 18.2 Å². The van der Waals surface area contributed by atoms with Crippen LogP contribution in [0.2, 0.25) is 0 Å². The fraction of sp³-hybridized carbons (Fsp3) is 0.385. The molecule has 3 heteroatoms. The van der Waals surface area contributed by atoms with E-state index < -0.39 is 0 Å². The summed E-state index contributed by atoms with van der Waals surface area (Å²) in [7, 11) is 0. The molecule has 1 aliphatic rings. The van der Waals surface area contributed by atoms with Crippen LogP contribution in [0.3, 0.4) is 0 Å². The molecule has 1 aliphatic carbocycles. The lowest BCUT2D eigenvalue weighted by Crippen LogP contribution is -2.28. The number of carbonyl (C=O) groups is 2. The van der Waals surface area contributed by atoms with Crippen LogP contribution in [-0.2, 0) is 17.6 Å². The van der Waals surface area contributed by atoms with Crippen LogP contribution in [0.4, 0.5) is 0 Å². The molecule has 2 rings (SSSR count). The van der Waals surface area contributed by atoms with Crippen molar-refractivity contribution in [1.29, 1.82) is 0 Å². The van der Waals surface area contributed by atoms with Crippen LogP contribution >= 0.6 is 0 Å². The quantitative estimate of drug-likeness (QED) is 0.833. The van der Waals surface area contributed by atoms with Gasteiger partial charge in [0.1, 0.15) is 5.78 Å². The first-order valence-electron chi connectivity index (χ1n) is 5.56. The smallest absolute Gasteiger partial charge is 0.251 e. The standard InChI is InChI=1S/C13H15NO2/c1-9(15)8-14-13(16)12-6-5-10-3-2-4-11(10)7-12/h5-7H,2-4,8H2,1H3,(H,14,16). The fourth-order valence-electron chi connectivity index (χ4n) is 2.02. The molecule has 0 bridgehead atoms. The van der Waals surface area contributed by atoms with E-state index >= 15 is 0 Å². The molecule has 16 heavy (non-hydrogen) atoms. The summed E-state index contributed by atoms with van der Waals surface area (Å²) in [6, 6.07) is 5.79. The van der Waals surface area contributed by atoms with Gasteiger partial charge in [0, 0.05) is 5.56 Å². The molecule has 3 nitrogen and oxygen atoms in total. The van der Waals surface area contributed by atoms with E-state index in [0.29, 0.717) is 5.56 Å². The Morgan fingerprint density at radius 3 is 2.75 bits per heavy atom. The number of fused-ring (bicyclic) bond motifs is 1. The molecule has 0 unspecified atom stereocenters. The molecule has 0 aliphatic heterocycles. The summed E-state index contributed by atoms with van der Waals surface area (Å²) in [5, 5.41) is 2.60. The normalized spacial score (nSPS) is 13.3. The maximum absolute atomic E-state index is 11.7. The molecule has 1 aromatic rings. The van der Waals surface area contributed by atoms with Gasteiger partial charge in [-0.1, -0.05) is 6.07 Å². The van der Waals surface area contributed by atoms with Gasteiger partial charge in [0.15, 0.2) is 0 Å². The highest BCUT2D eigenvalue weighted by atomic mass is 16.2. The molecular weight excluding hydrogens is 202 g/mol. The zero-order valence-electron chi connectivity index (χ0n) is 9.38.